The van der Waals surface area contributed by atoms with Gasteiger partial charge < -0.3 is 16.2 Å². The lowest BCUT2D eigenvalue weighted by atomic mass is 10.2. The highest BCUT2D eigenvalue weighted by Crippen LogP contribution is 2.16. The Balaban J connectivity index is 2.60. The maximum Gasteiger partial charge on any atom is 0.326 e. The van der Waals surface area contributed by atoms with E-state index in [1.165, 1.54) is 17.4 Å². The van der Waals surface area contributed by atoms with E-state index in [0.29, 0.717) is 0 Å². The Morgan fingerprint density at radius 2 is 2.16 bits per heavy atom. The topological polar surface area (TPSA) is 109 Å². The maximum absolute atomic E-state index is 11.5. The number of rotatable bonds is 6. The number of thiophene rings is 1. The van der Waals surface area contributed by atoms with Crippen molar-refractivity contribution in [3.8, 4) is 0 Å². The Morgan fingerprint density at radius 3 is 2.63 bits per heavy atom. The van der Waals surface area contributed by atoms with Crippen LogP contribution in [0, 0.1) is 6.92 Å². The minimum absolute atomic E-state index is 0.437. The van der Waals surface area contributed by atoms with Crippen molar-refractivity contribution in [2.24, 2.45) is 5.73 Å². The maximum atomic E-state index is 11.5. The van der Waals surface area contributed by atoms with Crippen LogP contribution < -0.4 is 11.1 Å². The number of aliphatic carboxylic acids is 1. The number of hydrogen-bond donors (Lipinski definition) is 3. The monoisotopic (exact) mass is 282 g/mol. The summed E-state index contributed by atoms with van der Waals surface area (Å²) in [6.45, 7) is 1.94. The molecule has 6 nitrogen and oxygen atoms in total. The summed E-state index contributed by atoms with van der Waals surface area (Å²) >= 11 is 1.51. The molecule has 1 heterocycles. The zero-order valence-electron chi connectivity index (χ0n) is 10.3. The van der Waals surface area contributed by atoms with Crippen LogP contribution in [0.1, 0.15) is 16.2 Å². The molecule has 0 aliphatic heterocycles. The van der Waals surface area contributed by atoms with Crippen LogP contribution in [0.3, 0.4) is 0 Å². The number of carboxylic acids is 1. The van der Waals surface area contributed by atoms with E-state index in [1.807, 2.05) is 19.1 Å². The molecule has 0 saturated carbocycles. The fourth-order valence-corrected chi connectivity index (χ4v) is 2.10. The smallest absolute Gasteiger partial charge is 0.326 e. The van der Waals surface area contributed by atoms with Crippen LogP contribution >= 0.6 is 11.3 Å². The first-order valence-electron chi connectivity index (χ1n) is 5.44. The van der Waals surface area contributed by atoms with Crippen LogP contribution in [0.5, 0.6) is 0 Å². The van der Waals surface area contributed by atoms with E-state index in [9.17, 15) is 14.4 Å². The minimum atomic E-state index is -1.31. The summed E-state index contributed by atoms with van der Waals surface area (Å²) in [5, 5.41) is 11.0. The number of nitrogens with one attached hydrogen (secondary N) is 1. The van der Waals surface area contributed by atoms with E-state index in [2.05, 4.69) is 5.32 Å². The van der Waals surface area contributed by atoms with Gasteiger partial charge in [-0.25, -0.2) is 4.79 Å². The second kappa shape index (κ2) is 6.69. The summed E-state index contributed by atoms with van der Waals surface area (Å²) < 4.78 is 0. The predicted molar refractivity (Wildman–Crippen MR) is 71.5 cm³/mol. The molecule has 1 rings (SSSR count). The van der Waals surface area contributed by atoms with Crippen molar-refractivity contribution in [2.75, 3.05) is 0 Å². The number of carbonyl (C=O) groups excluding carboxylic acids is 2. The van der Waals surface area contributed by atoms with Crippen molar-refractivity contribution < 1.29 is 19.5 Å². The standard InChI is InChI=1S/C12H14N2O4S/c1-7-2-3-8(19-7)4-5-11(16)14-9(12(17)18)6-10(13)15/h2-5,9H,6H2,1H3,(H2,13,15)(H,14,16)(H,17,18)/t9-/m0/s1. The summed E-state index contributed by atoms with van der Waals surface area (Å²) in [6.07, 6.45) is 2.37. The molecule has 0 aromatic carbocycles. The Labute approximate surface area is 113 Å². The van der Waals surface area contributed by atoms with Crippen LogP contribution in [-0.2, 0) is 14.4 Å². The first-order chi connectivity index (χ1) is 8.88. The van der Waals surface area contributed by atoms with Crippen LogP contribution in [0.15, 0.2) is 18.2 Å². The van der Waals surface area contributed by atoms with E-state index in [0.717, 1.165) is 9.75 Å². The first-order valence-corrected chi connectivity index (χ1v) is 6.26. The second-order valence-electron chi connectivity index (χ2n) is 3.85. The van der Waals surface area contributed by atoms with Gasteiger partial charge >= 0.3 is 5.97 Å². The van der Waals surface area contributed by atoms with Crippen LogP contribution in [0.4, 0.5) is 0 Å². The SMILES string of the molecule is Cc1ccc(C=CC(=O)N[C@@H](CC(N)=O)C(=O)O)s1. The number of nitrogens with two attached hydrogens (primary N) is 1. The molecular formula is C12H14N2O4S. The number of carbonyl (C=O) groups is 3. The van der Waals surface area contributed by atoms with Gasteiger partial charge in [-0.1, -0.05) is 0 Å². The fraction of sp³-hybridized carbons (Fsp3) is 0.250. The fourth-order valence-electron chi connectivity index (χ4n) is 1.32. The van der Waals surface area contributed by atoms with Crippen molar-refractivity contribution in [1.82, 2.24) is 5.32 Å². The molecule has 1 aromatic rings. The Morgan fingerprint density at radius 1 is 1.47 bits per heavy atom. The predicted octanol–water partition coefficient (Wildman–Crippen LogP) is 0.515. The molecule has 102 valence electrons. The Hall–Kier alpha value is -2.15. The zero-order valence-corrected chi connectivity index (χ0v) is 11.1. The number of carboxylic acid groups (broad SMARTS) is 1. The highest BCUT2D eigenvalue weighted by molar-refractivity contribution is 7.12. The van der Waals surface area contributed by atoms with E-state index in [1.54, 1.807) is 6.08 Å². The molecule has 7 heteroatoms. The number of aryl methyl sites for hydroxylation is 1. The van der Waals surface area contributed by atoms with Gasteiger partial charge in [-0.2, -0.15) is 0 Å². The summed E-state index contributed by atoms with van der Waals surface area (Å²) in [5.74, 6) is -2.67. The molecule has 19 heavy (non-hydrogen) atoms. The molecule has 2 amide bonds. The van der Waals surface area contributed by atoms with Crippen molar-refractivity contribution in [2.45, 2.75) is 19.4 Å². The first kappa shape index (κ1) is 14.9. The Bertz CT molecular complexity index is 522. The number of hydrogen-bond acceptors (Lipinski definition) is 4. The average Bonchev–Trinajstić information content (AvgIpc) is 2.71. The van der Waals surface area contributed by atoms with Gasteiger partial charge in [0.15, 0.2) is 0 Å². The highest BCUT2D eigenvalue weighted by Gasteiger charge is 2.20. The third kappa shape index (κ3) is 5.35. The molecule has 0 aliphatic rings. The van der Waals surface area contributed by atoms with E-state index in [-0.39, 0.29) is 0 Å². The van der Waals surface area contributed by atoms with Crippen LogP contribution in [-0.4, -0.2) is 28.9 Å². The van der Waals surface area contributed by atoms with Gasteiger partial charge in [0, 0.05) is 15.8 Å². The largest absolute Gasteiger partial charge is 0.480 e. The summed E-state index contributed by atoms with van der Waals surface area (Å²) in [6, 6.07) is 2.46. The molecule has 0 unspecified atom stereocenters. The summed E-state index contributed by atoms with van der Waals surface area (Å²) in [5.41, 5.74) is 4.90. The highest BCUT2D eigenvalue weighted by atomic mass is 32.1. The van der Waals surface area contributed by atoms with Gasteiger partial charge in [-0.3, -0.25) is 9.59 Å². The lowest BCUT2D eigenvalue weighted by molar-refractivity contribution is -0.142. The zero-order chi connectivity index (χ0) is 14.4. The van der Waals surface area contributed by atoms with Gasteiger partial charge in [0.25, 0.3) is 0 Å². The minimum Gasteiger partial charge on any atom is -0.480 e. The van der Waals surface area contributed by atoms with Crippen LogP contribution in [0.2, 0.25) is 0 Å². The van der Waals surface area contributed by atoms with E-state index in [4.69, 9.17) is 10.8 Å². The molecule has 0 fully saturated rings. The van der Waals surface area contributed by atoms with Gasteiger partial charge in [-0.15, -0.1) is 11.3 Å². The van der Waals surface area contributed by atoms with Gasteiger partial charge in [0.2, 0.25) is 11.8 Å². The average molecular weight is 282 g/mol. The molecule has 0 radical (unpaired) electrons. The molecule has 0 spiro atoms. The summed E-state index contributed by atoms with van der Waals surface area (Å²) in [4.78, 5) is 35.0. The van der Waals surface area contributed by atoms with Gasteiger partial charge in [0.05, 0.1) is 6.42 Å². The van der Waals surface area contributed by atoms with Crippen molar-refractivity contribution >= 4 is 35.2 Å². The van der Waals surface area contributed by atoms with Crippen LogP contribution in [0.25, 0.3) is 6.08 Å². The Kier molecular flexibility index (Phi) is 5.25. The quantitative estimate of drug-likeness (QED) is 0.660. The molecule has 0 saturated heterocycles. The molecular weight excluding hydrogens is 268 g/mol. The van der Waals surface area contributed by atoms with Crippen molar-refractivity contribution in [3.05, 3.63) is 28.0 Å². The van der Waals surface area contributed by atoms with Gasteiger partial charge in [-0.05, 0) is 25.1 Å². The lowest BCUT2D eigenvalue weighted by Crippen LogP contribution is -2.42. The third-order valence-corrected chi connectivity index (χ3v) is 3.15. The van der Waals surface area contributed by atoms with E-state index >= 15 is 0 Å². The number of amides is 2. The van der Waals surface area contributed by atoms with Crippen molar-refractivity contribution in [1.29, 1.82) is 0 Å². The molecule has 0 bridgehead atoms. The molecule has 0 aliphatic carbocycles. The summed E-state index contributed by atoms with van der Waals surface area (Å²) in [7, 11) is 0. The number of primary amides is 1. The third-order valence-electron chi connectivity index (χ3n) is 2.18. The molecule has 1 aromatic heterocycles. The van der Waals surface area contributed by atoms with E-state index < -0.39 is 30.2 Å². The van der Waals surface area contributed by atoms with Crippen molar-refractivity contribution in [3.63, 3.8) is 0 Å². The lowest BCUT2D eigenvalue weighted by Gasteiger charge is -2.10. The molecule has 4 N–H and O–H groups in total. The normalized spacial score (nSPS) is 12.3. The molecule has 1 atom stereocenters. The second-order valence-corrected chi connectivity index (χ2v) is 5.17. The van der Waals surface area contributed by atoms with Gasteiger partial charge in [0.1, 0.15) is 6.04 Å².